The van der Waals surface area contributed by atoms with Crippen molar-refractivity contribution in [2.75, 3.05) is 13.1 Å². The van der Waals surface area contributed by atoms with Gasteiger partial charge in [-0.3, -0.25) is 0 Å². The lowest BCUT2D eigenvalue weighted by Crippen LogP contribution is -2.45. The van der Waals surface area contributed by atoms with Crippen LogP contribution in [-0.2, 0) is 16.6 Å². The van der Waals surface area contributed by atoms with Crippen molar-refractivity contribution in [3.63, 3.8) is 0 Å². The van der Waals surface area contributed by atoms with E-state index in [-0.39, 0.29) is 5.25 Å². The lowest BCUT2D eigenvalue weighted by atomic mass is 10.1. The van der Waals surface area contributed by atoms with E-state index in [1.54, 1.807) is 15.6 Å². The zero-order valence-electron chi connectivity index (χ0n) is 11.8. The number of thiophene rings is 1. The minimum atomic E-state index is -3.01. The highest BCUT2D eigenvalue weighted by atomic mass is 32.2. The van der Waals surface area contributed by atoms with Crippen LogP contribution in [0.4, 0.5) is 0 Å². The second kappa shape index (κ2) is 6.05. The summed E-state index contributed by atoms with van der Waals surface area (Å²) < 4.78 is 26.0. The van der Waals surface area contributed by atoms with E-state index in [4.69, 9.17) is 5.26 Å². The van der Waals surface area contributed by atoms with Crippen LogP contribution in [0, 0.1) is 11.3 Å². The molecule has 1 N–H and O–H groups in total. The van der Waals surface area contributed by atoms with Gasteiger partial charge < -0.3 is 5.32 Å². The van der Waals surface area contributed by atoms with Crippen LogP contribution < -0.4 is 5.32 Å². The monoisotopic (exact) mass is 325 g/mol. The Morgan fingerprint density at radius 1 is 1.33 bits per heavy atom. The van der Waals surface area contributed by atoms with Crippen molar-refractivity contribution in [3.05, 3.63) is 21.9 Å². The van der Waals surface area contributed by atoms with Gasteiger partial charge in [-0.15, -0.1) is 11.3 Å². The third-order valence-electron chi connectivity index (χ3n) is 4.11. The van der Waals surface area contributed by atoms with Crippen LogP contribution in [0.1, 0.15) is 36.1 Å². The van der Waals surface area contributed by atoms with E-state index in [9.17, 15) is 8.42 Å². The molecule has 21 heavy (non-hydrogen) atoms. The van der Waals surface area contributed by atoms with Gasteiger partial charge in [0, 0.05) is 35.9 Å². The normalized spacial score (nSPS) is 21.3. The second-order valence-electron chi connectivity index (χ2n) is 5.71. The Kier molecular flexibility index (Phi) is 4.31. The molecule has 1 saturated carbocycles. The van der Waals surface area contributed by atoms with Crippen LogP contribution in [0.5, 0.6) is 0 Å². The SMILES string of the molecule is N#Cc1csc(CNC2CCN(S(=O)(=O)C3CC3)CC2)c1. The molecule has 1 aliphatic carbocycles. The van der Waals surface area contributed by atoms with Crippen LogP contribution in [0.15, 0.2) is 11.4 Å². The molecule has 1 aromatic rings. The summed E-state index contributed by atoms with van der Waals surface area (Å²) >= 11 is 1.59. The first-order chi connectivity index (χ1) is 10.1. The van der Waals surface area contributed by atoms with Gasteiger partial charge in [-0.1, -0.05) is 0 Å². The van der Waals surface area contributed by atoms with E-state index in [1.807, 2.05) is 11.4 Å². The van der Waals surface area contributed by atoms with E-state index in [0.29, 0.717) is 24.7 Å². The van der Waals surface area contributed by atoms with E-state index < -0.39 is 10.0 Å². The van der Waals surface area contributed by atoms with Gasteiger partial charge in [0.25, 0.3) is 0 Å². The van der Waals surface area contributed by atoms with Gasteiger partial charge in [0.1, 0.15) is 6.07 Å². The second-order valence-corrected chi connectivity index (χ2v) is 8.92. The Morgan fingerprint density at radius 2 is 2.05 bits per heavy atom. The standard InChI is InChI=1S/C14H19N3O2S2/c15-8-11-7-13(20-10-11)9-16-12-3-5-17(6-4-12)21(18,19)14-1-2-14/h7,10,12,14,16H,1-6,9H2. The minimum Gasteiger partial charge on any atom is -0.309 e. The molecular weight excluding hydrogens is 306 g/mol. The van der Waals surface area contributed by atoms with E-state index in [2.05, 4.69) is 11.4 Å². The molecule has 1 aliphatic heterocycles. The van der Waals surface area contributed by atoms with Crippen molar-refractivity contribution in [2.45, 2.75) is 43.5 Å². The summed E-state index contributed by atoms with van der Waals surface area (Å²) in [5.41, 5.74) is 0.710. The highest BCUT2D eigenvalue weighted by Gasteiger charge is 2.41. The molecule has 2 aliphatic rings. The van der Waals surface area contributed by atoms with Gasteiger partial charge in [-0.05, 0) is 31.7 Å². The molecular formula is C14H19N3O2S2. The van der Waals surface area contributed by atoms with Crippen LogP contribution in [0.25, 0.3) is 0 Å². The van der Waals surface area contributed by atoms with Gasteiger partial charge >= 0.3 is 0 Å². The smallest absolute Gasteiger partial charge is 0.216 e. The lowest BCUT2D eigenvalue weighted by Gasteiger charge is -2.31. The number of nitriles is 1. The predicted octanol–water partition coefficient (Wildman–Crippen LogP) is 1.67. The molecule has 0 unspecified atom stereocenters. The first kappa shape index (κ1) is 15.0. The molecule has 2 heterocycles. The van der Waals surface area contributed by atoms with Crippen molar-refractivity contribution in [2.24, 2.45) is 0 Å². The van der Waals surface area contributed by atoms with Crippen LogP contribution in [0.2, 0.25) is 0 Å². The number of piperidine rings is 1. The third-order valence-corrected chi connectivity index (χ3v) is 7.44. The van der Waals surface area contributed by atoms with Crippen LogP contribution in [-0.4, -0.2) is 37.1 Å². The van der Waals surface area contributed by atoms with Gasteiger partial charge in [0.05, 0.1) is 10.8 Å². The Balaban J connectivity index is 1.46. The summed E-state index contributed by atoms with van der Waals surface area (Å²) in [6.07, 6.45) is 3.39. The van der Waals surface area contributed by atoms with Crippen molar-refractivity contribution in [1.29, 1.82) is 5.26 Å². The minimum absolute atomic E-state index is 0.0995. The molecule has 0 bridgehead atoms. The Morgan fingerprint density at radius 3 is 2.62 bits per heavy atom. The number of hydrogen-bond acceptors (Lipinski definition) is 5. The molecule has 2 fully saturated rings. The fourth-order valence-electron chi connectivity index (χ4n) is 2.67. The van der Waals surface area contributed by atoms with E-state index in [0.717, 1.165) is 37.1 Å². The van der Waals surface area contributed by atoms with Crippen molar-refractivity contribution in [3.8, 4) is 6.07 Å². The summed E-state index contributed by atoms with van der Waals surface area (Å²) in [5, 5.41) is 14.0. The van der Waals surface area contributed by atoms with E-state index in [1.165, 1.54) is 0 Å². The molecule has 0 spiro atoms. The summed E-state index contributed by atoms with van der Waals surface area (Å²) in [4.78, 5) is 1.15. The number of sulfonamides is 1. The van der Waals surface area contributed by atoms with E-state index >= 15 is 0 Å². The first-order valence-corrected chi connectivity index (χ1v) is 9.68. The number of rotatable bonds is 5. The summed E-state index contributed by atoms with van der Waals surface area (Å²) in [6, 6.07) is 4.40. The molecule has 0 aromatic carbocycles. The molecule has 0 atom stereocenters. The molecule has 7 heteroatoms. The fraction of sp³-hybridized carbons (Fsp3) is 0.643. The fourth-order valence-corrected chi connectivity index (χ4v) is 5.30. The third kappa shape index (κ3) is 3.46. The number of nitrogens with one attached hydrogen (secondary N) is 1. The Hall–Kier alpha value is -0.940. The average molecular weight is 325 g/mol. The van der Waals surface area contributed by atoms with Crippen molar-refractivity contribution >= 4 is 21.4 Å². The summed E-state index contributed by atoms with van der Waals surface area (Å²) in [5.74, 6) is 0. The van der Waals surface area contributed by atoms with Gasteiger partial charge in [-0.2, -0.15) is 5.26 Å². The largest absolute Gasteiger partial charge is 0.309 e. The van der Waals surface area contributed by atoms with Crippen LogP contribution in [0.3, 0.4) is 0 Å². The maximum atomic E-state index is 12.1. The summed E-state index contributed by atoms with van der Waals surface area (Å²) in [6.45, 7) is 2.02. The lowest BCUT2D eigenvalue weighted by molar-refractivity contribution is 0.288. The predicted molar refractivity (Wildman–Crippen MR) is 82.4 cm³/mol. The van der Waals surface area contributed by atoms with Crippen molar-refractivity contribution < 1.29 is 8.42 Å². The maximum Gasteiger partial charge on any atom is 0.216 e. The van der Waals surface area contributed by atoms with Crippen molar-refractivity contribution in [1.82, 2.24) is 9.62 Å². The molecule has 5 nitrogen and oxygen atoms in total. The van der Waals surface area contributed by atoms with Gasteiger partial charge in [-0.25, -0.2) is 12.7 Å². The zero-order valence-corrected chi connectivity index (χ0v) is 13.4. The molecule has 1 aromatic heterocycles. The topological polar surface area (TPSA) is 73.2 Å². The van der Waals surface area contributed by atoms with Gasteiger partial charge in [0.2, 0.25) is 10.0 Å². The number of hydrogen-bond donors (Lipinski definition) is 1. The molecule has 114 valence electrons. The quantitative estimate of drug-likeness (QED) is 0.894. The molecule has 0 amide bonds. The maximum absolute atomic E-state index is 12.1. The number of nitrogens with zero attached hydrogens (tertiary/aromatic N) is 2. The highest BCUT2D eigenvalue weighted by molar-refractivity contribution is 7.90. The zero-order chi connectivity index (χ0) is 14.9. The molecule has 3 rings (SSSR count). The molecule has 1 saturated heterocycles. The average Bonchev–Trinajstić information content (AvgIpc) is 3.26. The Bertz CT molecular complexity index is 635. The Labute approximate surface area is 129 Å². The van der Waals surface area contributed by atoms with Gasteiger partial charge in [0.15, 0.2) is 0 Å². The highest BCUT2D eigenvalue weighted by Crippen LogP contribution is 2.32. The summed E-state index contributed by atoms with van der Waals surface area (Å²) in [7, 11) is -3.01. The van der Waals surface area contributed by atoms with Crippen LogP contribution >= 0.6 is 11.3 Å². The first-order valence-electron chi connectivity index (χ1n) is 7.29. The molecule has 0 radical (unpaired) electrons.